The second kappa shape index (κ2) is 9.77. The molecule has 1 amide bonds. The Hall–Kier alpha value is -3.27. The fourth-order valence-electron chi connectivity index (χ4n) is 4.61. The van der Waals surface area contributed by atoms with Crippen LogP contribution in [0.3, 0.4) is 0 Å². The molecule has 1 aliphatic carbocycles. The van der Waals surface area contributed by atoms with Crippen molar-refractivity contribution in [3.63, 3.8) is 0 Å². The van der Waals surface area contributed by atoms with E-state index >= 15 is 4.39 Å². The molecule has 0 atom stereocenters. The van der Waals surface area contributed by atoms with Crippen molar-refractivity contribution in [3.05, 3.63) is 36.4 Å². The lowest BCUT2D eigenvalue weighted by Crippen LogP contribution is -2.42. The average Bonchev–Trinajstić information content (AvgIpc) is 2.79. The molecule has 0 radical (unpaired) electrons. The number of likely N-dealkylation sites (tertiary alicyclic amines) is 1. The van der Waals surface area contributed by atoms with E-state index in [4.69, 9.17) is 0 Å². The van der Waals surface area contributed by atoms with Gasteiger partial charge in [-0.2, -0.15) is 4.39 Å². The van der Waals surface area contributed by atoms with Gasteiger partial charge in [-0.15, -0.1) is 0 Å². The summed E-state index contributed by atoms with van der Waals surface area (Å²) in [6.45, 7) is 6.33. The smallest absolute Gasteiger partial charge is 0.228 e. The third kappa shape index (κ3) is 4.93. The maximum Gasteiger partial charge on any atom is 0.228 e. The second-order valence-corrected chi connectivity index (χ2v) is 9.63. The van der Waals surface area contributed by atoms with Crippen LogP contribution in [0.4, 0.5) is 20.4 Å². The van der Waals surface area contributed by atoms with Gasteiger partial charge in [-0.25, -0.2) is 19.3 Å². The number of pyridine rings is 2. The van der Waals surface area contributed by atoms with E-state index in [1.54, 1.807) is 6.20 Å². The normalized spacial score (nSPS) is 17.5. The molecular weight excluding hydrogens is 452 g/mol. The van der Waals surface area contributed by atoms with Gasteiger partial charge >= 0.3 is 0 Å². The molecule has 0 unspecified atom stereocenters. The van der Waals surface area contributed by atoms with Crippen LogP contribution in [0.1, 0.15) is 46.0 Å². The first-order valence-electron chi connectivity index (χ1n) is 12.2. The molecule has 1 saturated heterocycles. The molecule has 2 fully saturated rings. The molecule has 10 heteroatoms. The van der Waals surface area contributed by atoms with E-state index in [0.717, 1.165) is 45.2 Å². The van der Waals surface area contributed by atoms with Gasteiger partial charge in [0.05, 0.1) is 35.4 Å². The highest BCUT2D eigenvalue weighted by molar-refractivity contribution is 5.94. The zero-order valence-electron chi connectivity index (χ0n) is 19.9. The predicted octanol–water partition coefficient (Wildman–Crippen LogP) is 4.39. The van der Waals surface area contributed by atoms with Crippen molar-refractivity contribution in [1.82, 2.24) is 24.8 Å². The van der Waals surface area contributed by atoms with Crippen molar-refractivity contribution in [2.75, 3.05) is 23.7 Å². The molecule has 2 aliphatic rings. The number of carbonyl (C=O) groups is 1. The van der Waals surface area contributed by atoms with E-state index in [1.165, 1.54) is 18.5 Å². The number of aromatic nitrogens is 4. The molecule has 3 aromatic heterocycles. The molecule has 2 N–H and O–H groups in total. The van der Waals surface area contributed by atoms with E-state index in [1.807, 2.05) is 0 Å². The van der Waals surface area contributed by atoms with Gasteiger partial charge in [0.15, 0.2) is 0 Å². The van der Waals surface area contributed by atoms with Crippen LogP contribution in [0.15, 0.2) is 24.7 Å². The lowest BCUT2D eigenvalue weighted by atomic mass is 9.85. The third-order valence-electron chi connectivity index (χ3n) is 6.99. The van der Waals surface area contributed by atoms with Crippen molar-refractivity contribution in [2.45, 2.75) is 58.0 Å². The molecule has 4 heterocycles. The van der Waals surface area contributed by atoms with Gasteiger partial charge < -0.3 is 15.5 Å². The highest BCUT2D eigenvalue weighted by Crippen LogP contribution is 2.31. The summed E-state index contributed by atoms with van der Waals surface area (Å²) in [6, 6.07) is 2.11. The minimum Gasteiger partial charge on any atom is -0.366 e. The maximum atomic E-state index is 15.6. The summed E-state index contributed by atoms with van der Waals surface area (Å²) in [5, 5.41) is 6.13. The lowest BCUT2D eigenvalue weighted by molar-refractivity contribution is -0.122. The Labute approximate surface area is 202 Å². The van der Waals surface area contributed by atoms with Crippen molar-refractivity contribution < 1.29 is 13.6 Å². The van der Waals surface area contributed by atoms with Crippen molar-refractivity contribution in [2.24, 2.45) is 5.92 Å². The molecule has 1 saturated carbocycles. The summed E-state index contributed by atoms with van der Waals surface area (Å²) in [5.74, 6) is -1.30. The number of hydrogen-bond acceptors (Lipinski definition) is 7. The molecular formula is C25H29F2N7O. The van der Waals surface area contributed by atoms with Crippen LogP contribution in [0.2, 0.25) is 0 Å². The number of nitrogens with zero attached hydrogens (tertiary/aromatic N) is 5. The summed E-state index contributed by atoms with van der Waals surface area (Å²) in [7, 11) is 0. The number of amides is 1. The van der Waals surface area contributed by atoms with Crippen molar-refractivity contribution >= 4 is 28.4 Å². The number of anilines is 2. The van der Waals surface area contributed by atoms with Gasteiger partial charge in [-0.1, -0.05) is 6.42 Å². The quantitative estimate of drug-likeness (QED) is 0.504. The third-order valence-corrected chi connectivity index (χ3v) is 6.99. The lowest BCUT2D eigenvalue weighted by Gasteiger charge is -2.35. The first-order valence-corrected chi connectivity index (χ1v) is 12.2. The van der Waals surface area contributed by atoms with Crippen LogP contribution >= 0.6 is 0 Å². The first kappa shape index (κ1) is 23.5. The van der Waals surface area contributed by atoms with Gasteiger partial charge in [0, 0.05) is 36.5 Å². The minimum absolute atomic E-state index is 0.0395. The molecule has 184 valence electrons. The highest BCUT2D eigenvalue weighted by Gasteiger charge is 2.26. The Bertz CT molecular complexity index is 1240. The zero-order valence-corrected chi connectivity index (χ0v) is 19.9. The monoisotopic (exact) mass is 481 g/mol. The van der Waals surface area contributed by atoms with Crippen LogP contribution in [-0.2, 0) is 4.79 Å². The zero-order chi connectivity index (χ0) is 24.5. The molecule has 0 bridgehead atoms. The number of piperidine rings is 1. The number of rotatable bonds is 6. The van der Waals surface area contributed by atoms with Crippen LogP contribution in [0.25, 0.3) is 22.2 Å². The largest absolute Gasteiger partial charge is 0.366 e. The summed E-state index contributed by atoms with van der Waals surface area (Å²) >= 11 is 0. The number of hydrogen-bond donors (Lipinski definition) is 2. The number of carbonyl (C=O) groups excluding carboxylic acids is 1. The Balaban J connectivity index is 1.39. The summed E-state index contributed by atoms with van der Waals surface area (Å²) in [6.07, 6.45) is 8.74. The molecule has 5 rings (SSSR count). The van der Waals surface area contributed by atoms with Crippen molar-refractivity contribution in [3.8, 4) is 11.3 Å². The number of fused-ring (bicyclic) bond motifs is 1. The van der Waals surface area contributed by atoms with Crippen LogP contribution < -0.4 is 10.6 Å². The van der Waals surface area contributed by atoms with E-state index in [0.29, 0.717) is 11.9 Å². The molecule has 0 aromatic carbocycles. The summed E-state index contributed by atoms with van der Waals surface area (Å²) in [5.41, 5.74) is -0.244. The molecule has 0 spiro atoms. The van der Waals surface area contributed by atoms with Gasteiger partial charge in [0.25, 0.3) is 0 Å². The van der Waals surface area contributed by atoms with E-state index in [9.17, 15) is 9.18 Å². The fourth-order valence-corrected chi connectivity index (χ4v) is 4.61. The molecule has 35 heavy (non-hydrogen) atoms. The van der Waals surface area contributed by atoms with Gasteiger partial charge in [-0.05, 0) is 45.6 Å². The number of halogens is 2. The Kier molecular flexibility index (Phi) is 6.55. The Morgan fingerprint density at radius 2 is 1.83 bits per heavy atom. The topological polar surface area (TPSA) is 95.9 Å². The second-order valence-electron chi connectivity index (χ2n) is 9.63. The standard InChI is InChI=1S/C25H29F2N7O/c1-14(2)34-8-6-16(7-9-34)30-21-13-28-11-19(31-21)22-23(26)17-10-20(29-12-18(17)32-24(22)27)33-25(35)15-4-3-5-15/h10-16H,3-9H2,1-2H3,(H,30,31)(H,29,33,35). The number of nitrogens with one attached hydrogen (secondary N) is 2. The van der Waals surface area contributed by atoms with Crippen LogP contribution in [-0.4, -0.2) is 55.9 Å². The van der Waals surface area contributed by atoms with Crippen LogP contribution in [0.5, 0.6) is 0 Å². The van der Waals surface area contributed by atoms with Gasteiger partial charge in [0.1, 0.15) is 17.5 Å². The average molecular weight is 482 g/mol. The Morgan fingerprint density at radius 3 is 2.51 bits per heavy atom. The van der Waals surface area contributed by atoms with Crippen molar-refractivity contribution in [1.29, 1.82) is 0 Å². The highest BCUT2D eigenvalue weighted by atomic mass is 19.1. The predicted molar refractivity (Wildman–Crippen MR) is 130 cm³/mol. The summed E-state index contributed by atoms with van der Waals surface area (Å²) < 4.78 is 30.5. The molecule has 3 aromatic rings. The summed E-state index contributed by atoms with van der Waals surface area (Å²) in [4.78, 5) is 31.3. The van der Waals surface area contributed by atoms with E-state index in [2.05, 4.69) is 49.3 Å². The Morgan fingerprint density at radius 1 is 1.06 bits per heavy atom. The molecule has 8 nitrogen and oxygen atoms in total. The van der Waals surface area contributed by atoms with Gasteiger partial charge in [-0.3, -0.25) is 9.78 Å². The maximum absolute atomic E-state index is 15.6. The van der Waals surface area contributed by atoms with Gasteiger partial charge in [0.2, 0.25) is 11.9 Å². The SMILES string of the molecule is CC(C)N1CCC(Nc2cncc(-c3c(F)nc4cnc(NC(=O)C5CCC5)cc4c3F)n2)CC1. The van der Waals surface area contributed by atoms with E-state index in [-0.39, 0.29) is 45.8 Å². The fraction of sp³-hybridized carbons (Fsp3) is 0.480. The molecule has 1 aliphatic heterocycles. The minimum atomic E-state index is -0.986. The van der Waals surface area contributed by atoms with E-state index < -0.39 is 11.8 Å². The van der Waals surface area contributed by atoms with Crippen LogP contribution in [0, 0.1) is 17.7 Å². The first-order chi connectivity index (χ1) is 16.9.